The molecule has 25 heavy (non-hydrogen) atoms. The van der Waals surface area contributed by atoms with Crippen molar-refractivity contribution in [2.75, 3.05) is 18.6 Å². The minimum atomic E-state index is -0.424. The first-order valence-corrected chi connectivity index (χ1v) is 8.04. The van der Waals surface area contributed by atoms with Crippen molar-refractivity contribution in [3.63, 3.8) is 0 Å². The summed E-state index contributed by atoms with van der Waals surface area (Å²) < 4.78 is 18.3. The van der Waals surface area contributed by atoms with Crippen molar-refractivity contribution in [2.24, 2.45) is 5.92 Å². The zero-order chi connectivity index (χ0) is 17.8. The van der Waals surface area contributed by atoms with Crippen molar-refractivity contribution in [1.82, 2.24) is 5.32 Å². The van der Waals surface area contributed by atoms with Crippen molar-refractivity contribution in [2.45, 2.75) is 13.0 Å². The van der Waals surface area contributed by atoms with E-state index >= 15 is 0 Å². The van der Waals surface area contributed by atoms with Crippen LogP contribution in [0.4, 0.5) is 10.1 Å². The Labute approximate surface area is 145 Å². The fraction of sp³-hybridized carbons (Fsp3) is 0.263. The maximum Gasteiger partial charge on any atom is 0.227 e. The quantitative estimate of drug-likeness (QED) is 0.908. The molecule has 5 nitrogen and oxygen atoms in total. The van der Waals surface area contributed by atoms with Crippen LogP contribution in [0.15, 0.2) is 48.5 Å². The van der Waals surface area contributed by atoms with E-state index in [0.717, 1.165) is 5.56 Å². The molecular weight excluding hydrogens is 323 g/mol. The number of carbonyl (C=O) groups is 2. The van der Waals surface area contributed by atoms with Crippen molar-refractivity contribution in [3.05, 3.63) is 59.9 Å². The predicted octanol–water partition coefficient (Wildman–Crippen LogP) is 2.50. The van der Waals surface area contributed by atoms with Crippen LogP contribution in [0.3, 0.4) is 0 Å². The number of methoxy groups -OCH3 is 1. The summed E-state index contributed by atoms with van der Waals surface area (Å²) in [5.74, 6) is -0.389. The van der Waals surface area contributed by atoms with Gasteiger partial charge in [-0.1, -0.05) is 18.2 Å². The lowest BCUT2D eigenvalue weighted by atomic mass is 10.1. The highest BCUT2D eigenvalue weighted by molar-refractivity contribution is 6.00. The van der Waals surface area contributed by atoms with Crippen LogP contribution in [0, 0.1) is 11.7 Å². The third-order valence-electron chi connectivity index (χ3n) is 4.28. The van der Waals surface area contributed by atoms with E-state index < -0.39 is 5.92 Å². The Kier molecular flexibility index (Phi) is 4.97. The Morgan fingerprint density at radius 2 is 1.96 bits per heavy atom. The fourth-order valence-corrected chi connectivity index (χ4v) is 2.93. The van der Waals surface area contributed by atoms with E-state index in [1.54, 1.807) is 19.2 Å². The van der Waals surface area contributed by atoms with E-state index in [-0.39, 0.29) is 24.1 Å². The van der Waals surface area contributed by atoms with Crippen LogP contribution in [0.5, 0.6) is 5.75 Å². The lowest BCUT2D eigenvalue weighted by molar-refractivity contribution is -0.126. The topological polar surface area (TPSA) is 58.6 Å². The molecule has 0 bridgehead atoms. The van der Waals surface area contributed by atoms with E-state index in [1.807, 2.05) is 24.3 Å². The molecule has 1 atom stereocenters. The molecule has 0 aromatic heterocycles. The summed E-state index contributed by atoms with van der Waals surface area (Å²) in [6, 6.07) is 13.1. The molecule has 2 aromatic carbocycles. The number of hydrogen-bond acceptors (Lipinski definition) is 3. The Bertz CT molecular complexity index is 776. The largest absolute Gasteiger partial charge is 0.496 e. The van der Waals surface area contributed by atoms with Gasteiger partial charge in [0.15, 0.2) is 0 Å². The maximum absolute atomic E-state index is 13.0. The summed E-state index contributed by atoms with van der Waals surface area (Å²) in [6.07, 6.45) is 0.148. The molecule has 0 saturated carbocycles. The minimum Gasteiger partial charge on any atom is -0.496 e. The summed E-state index contributed by atoms with van der Waals surface area (Å²) in [5.41, 5.74) is 1.48. The van der Waals surface area contributed by atoms with Gasteiger partial charge in [-0.3, -0.25) is 9.59 Å². The van der Waals surface area contributed by atoms with E-state index in [4.69, 9.17) is 4.74 Å². The SMILES string of the molecule is COc1ccccc1CNC(=O)[C@@H]1CC(=O)N(c2ccc(F)cc2)C1. The molecule has 1 aliphatic rings. The molecule has 2 aromatic rings. The number of carbonyl (C=O) groups excluding carboxylic acids is 2. The number of rotatable bonds is 5. The number of nitrogens with zero attached hydrogens (tertiary/aromatic N) is 1. The van der Waals surface area contributed by atoms with Crippen LogP contribution in [-0.2, 0) is 16.1 Å². The first kappa shape index (κ1) is 17.0. The molecule has 1 aliphatic heterocycles. The third kappa shape index (κ3) is 3.79. The lowest BCUT2D eigenvalue weighted by Gasteiger charge is -2.17. The summed E-state index contributed by atoms with van der Waals surface area (Å²) in [6.45, 7) is 0.631. The van der Waals surface area contributed by atoms with Crippen molar-refractivity contribution < 1.29 is 18.7 Å². The van der Waals surface area contributed by atoms with Gasteiger partial charge in [-0.15, -0.1) is 0 Å². The summed E-state index contributed by atoms with van der Waals surface area (Å²) in [7, 11) is 1.58. The number of anilines is 1. The van der Waals surface area contributed by atoms with Gasteiger partial charge in [0.25, 0.3) is 0 Å². The minimum absolute atomic E-state index is 0.135. The Balaban J connectivity index is 1.62. The van der Waals surface area contributed by atoms with Gasteiger partial charge in [0.1, 0.15) is 11.6 Å². The first-order chi connectivity index (χ1) is 12.1. The number of benzene rings is 2. The maximum atomic E-state index is 13.0. The number of nitrogens with one attached hydrogen (secondary N) is 1. The van der Waals surface area contributed by atoms with Gasteiger partial charge < -0.3 is 15.0 Å². The zero-order valence-corrected chi connectivity index (χ0v) is 13.9. The summed E-state index contributed by atoms with van der Waals surface area (Å²) in [4.78, 5) is 26.1. The summed E-state index contributed by atoms with van der Waals surface area (Å²) >= 11 is 0. The molecule has 130 valence electrons. The van der Waals surface area contributed by atoms with Crippen LogP contribution in [0.25, 0.3) is 0 Å². The van der Waals surface area contributed by atoms with E-state index in [9.17, 15) is 14.0 Å². The molecule has 0 spiro atoms. The fourth-order valence-electron chi connectivity index (χ4n) is 2.93. The van der Waals surface area contributed by atoms with Crippen LogP contribution < -0.4 is 15.0 Å². The van der Waals surface area contributed by atoms with Crippen LogP contribution in [0.2, 0.25) is 0 Å². The molecule has 1 N–H and O–H groups in total. The Morgan fingerprint density at radius 3 is 2.68 bits per heavy atom. The molecule has 1 heterocycles. The highest BCUT2D eigenvalue weighted by atomic mass is 19.1. The average Bonchev–Trinajstić information content (AvgIpc) is 3.02. The molecule has 0 radical (unpaired) electrons. The monoisotopic (exact) mass is 342 g/mol. The van der Waals surface area contributed by atoms with Crippen molar-refractivity contribution in [3.8, 4) is 5.75 Å². The lowest BCUT2D eigenvalue weighted by Crippen LogP contribution is -2.32. The van der Waals surface area contributed by atoms with Crippen LogP contribution >= 0.6 is 0 Å². The molecule has 1 fully saturated rings. The summed E-state index contributed by atoms with van der Waals surface area (Å²) in [5, 5.41) is 2.86. The smallest absolute Gasteiger partial charge is 0.227 e. The van der Waals surface area contributed by atoms with E-state index in [1.165, 1.54) is 17.0 Å². The number of para-hydroxylation sites is 1. The van der Waals surface area contributed by atoms with E-state index in [2.05, 4.69) is 5.32 Å². The molecule has 1 saturated heterocycles. The van der Waals surface area contributed by atoms with Gasteiger partial charge in [0.05, 0.1) is 13.0 Å². The van der Waals surface area contributed by atoms with Gasteiger partial charge in [-0.05, 0) is 30.3 Å². The van der Waals surface area contributed by atoms with Crippen molar-refractivity contribution in [1.29, 1.82) is 0 Å². The molecule has 3 rings (SSSR count). The van der Waals surface area contributed by atoms with Gasteiger partial charge in [-0.2, -0.15) is 0 Å². The Morgan fingerprint density at radius 1 is 1.24 bits per heavy atom. The van der Waals surface area contributed by atoms with Crippen LogP contribution in [0.1, 0.15) is 12.0 Å². The molecule has 0 aliphatic carbocycles. The van der Waals surface area contributed by atoms with Gasteiger partial charge in [-0.25, -0.2) is 4.39 Å². The standard InChI is InChI=1S/C19H19FN2O3/c1-25-17-5-3-2-4-13(17)11-21-19(24)14-10-18(23)22(12-14)16-8-6-15(20)7-9-16/h2-9,14H,10-12H2,1H3,(H,21,24)/t14-/m1/s1. The highest BCUT2D eigenvalue weighted by Gasteiger charge is 2.35. The molecule has 6 heteroatoms. The van der Waals surface area contributed by atoms with Gasteiger partial charge >= 0.3 is 0 Å². The average molecular weight is 342 g/mol. The second-order valence-corrected chi connectivity index (χ2v) is 5.91. The zero-order valence-electron chi connectivity index (χ0n) is 13.9. The second-order valence-electron chi connectivity index (χ2n) is 5.91. The highest BCUT2D eigenvalue weighted by Crippen LogP contribution is 2.25. The number of ether oxygens (including phenoxy) is 1. The molecule has 2 amide bonds. The van der Waals surface area contributed by atoms with Gasteiger partial charge in [0, 0.05) is 30.8 Å². The van der Waals surface area contributed by atoms with Crippen molar-refractivity contribution >= 4 is 17.5 Å². The number of halogens is 1. The van der Waals surface area contributed by atoms with Crippen LogP contribution in [-0.4, -0.2) is 25.5 Å². The number of hydrogen-bond donors (Lipinski definition) is 1. The Hall–Kier alpha value is -2.89. The second kappa shape index (κ2) is 7.34. The normalized spacial score (nSPS) is 16.8. The number of amides is 2. The molecular formula is C19H19FN2O3. The first-order valence-electron chi connectivity index (χ1n) is 8.04. The predicted molar refractivity (Wildman–Crippen MR) is 91.7 cm³/mol. The molecule has 0 unspecified atom stereocenters. The van der Waals surface area contributed by atoms with Gasteiger partial charge in [0.2, 0.25) is 11.8 Å². The van der Waals surface area contributed by atoms with E-state index in [0.29, 0.717) is 24.5 Å². The third-order valence-corrected chi connectivity index (χ3v) is 4.28.